The number of aromatic nitrogens is 2. The molecule has 0 aliphatic carbocycles. The summed E-state index contributed by atoms with van der Waals surface area (Å²) in [5.74, 6) is -0.761. The maximum Gasteiger partial charge on any atom is 0.341 e. The van der Waals surface area contributed by atoms with Crippen LogP contribution in [0.3, 0.4) is 0 Å². The quantitative estimate of drug-likeness (QED) is 0.546. The summed E-state index contributed by atoms with van der Waals surface area (Å²) in [6.45, 7) is 9.81. The predicted molar refractivity (Wildman–Crippen MR) is 126 cm³/mol. The van der Waals surface area contributed by atoms with Crippen LogP contribution in [0.1, 0.15) is 66.0 Å². The van der Waals surface area contributed by atoms with Gasteiger partial charge in [0.15, 0.2) is 6.10 Å². The number of fused-ring (bicyclic) bond motifs is 2. The number of hydrogen-bond acceptors (Lipinski definition) is 6. The number of benzene rings is 1. The minimum Gasteiger partial charge on any atom is -0.493 e. The summed E-state index contributed by atoms with van der Waals surface area (Å²) in [5, 5.41) is 14.6. The zero-order chi connectivity index (χ0) is 24.8. The highest BCUT2D eigenvalue weighted by atomic mass is 16.5. The molecule has 0 amide bonds. The second-order valence-corrected chi connectivity index (χ2v) is 9.53. The molecule has 4 rings (SSSR count). The van der Waals surface area contributed by atoms with Crippen molar-refractivity contribution < 1.29 is 28.9 Å². The van der Waals surface area contributed by atoms with Crippen LogP contribution < -0.4 is 4.74 Å². The van der Waals surface area contributed by atoms with E-state index in [1.54, 1.807) is 11.4 Å². The first-order valence-electron chi connectivity index (χ1n) is 11.3. The molecule has 1 aliphatic heterocycles. The monoisotopic (exact) mass is 466 g/mol. The van der Waals surface area contributed by atoms with Gasteiger partial charge in [-0.2, -0.15) is 5.10 Å². The van der Waals surface area contributed by atoms with E-state index in [0.717, 1.165) is 35.3 Å². The Kier molecular flexibility index (Phi) is 6.12. The van der Waals surface area contributed by atoms with Gasteiger partial charge in [0.05, 0.1) is 31.0 Å². The van der Waals surface area contributed by atoms with E-state index in [9.17, 15) is 14.7 Å². The lowest BCUT2D eigenvalue weighted by Crippen LogP contribution is -2.29. The minimum absolute atomic E-state index is 0.320. The third kappa shape index (κ3) is 4.14. The van der Waals surface area contributed by atoms with E-state index < -0.39 is 23.6 Å². The summed E-state index contributed by atoms with van der Waals surface area (Å²) >= 11 is 0. The first kappa shape index (κ1) is 23.8. The molecular weight excluding hydrogens is 436 g/mol. The molecule has 180 valence electrons. The largest absolute Gasteiger partial charge is 0.493 e. The number of pyridine rings is 1. The molecular formula is C26H30N2O6. The van der Waals surface area contributed by atoms with Crippen LogP contribution in [-0.2, 0) is 20.7 Å². The van der Waals surface area contributed by atoms with Gasteiger partial charge in [-0.1, -0.05) is 6.07 Å². The smallest absolute Gasteiger partial charge is 0.341 e. The Balaban J connectivity index is 2.08. The van der Waals surface area contributed by atoms with Gasteiger partial charge >= 0.3 is 11.9 Å². The first-order chi connectivity index (χ1) is 16.0. The summed E-state index contributed by atoms with van der Waals surface area (Å²) in [5.41, 5.74) is 4.61. The number of carbonyl (C=O) groups excluding carboxylic acids is 1. The van der Waals surface area contributed by atoms with Gasteiger partial charge in [0.2, 0.25) is 0 Å². The van der Waals surface area contributed by atoms with Crippen LogP contribution in [0, 0.1) is 13.8 Å². The minimum atomic E-state index is -1.24. The van der Waals surface area contributed by atoms with Crippen molar-refractivity contribution in [3.05, 3.63) is 52.3 Å². The molecule has 3 aromatic rings. The van der Waals surface area contributed by atoms with Crippen LogP contribution in [0.25, 0.3) is 16.6 Å². The molecule has 1 atom stereocenters. The lowest BCUT2D eigenvalue weighted by molar-refractivity contribution is -0.160. The van der Waals surface area contributed by atoms with Crippen LogP contribution in [0.2, 0.25) is 0 Å². The van der Waals surface area contributed by atoms with Gasteiger partial charge in [0, 0.05) is 11.3 Å². The van der Waals surface area contributed by atoms with Crippen LogP contribution in [-0.4, -0.2) is 46.0 Å². The number of rotatable bonds is 5. The van der Waals surface area contributed by atoms with Crippen LogP contribution in [0.15, 0.2) is 24.4 Å². The van der Waals surface area contributed by atoms with Crippen molar-refractivity contribution in [3.63, 3.8) is 0 Å². The molecule has 0 unspecified atom stereocenters. The molecule has 0 saturated carbocycles. The van der Waals surface area contributed by atoms with E-state index in [1.807, 2.05) is 45.9 Å². The SMILES string of the molecule is COC(=O)c1cnn2c(C)c([C@H](OC(C)(C)C)C(=O)O)c(-c3ccc4c(c3)CCCO4)c(C)c12. The van der Waals surface area contributed by atoms with Crippen molar-refractivity contribution >= 4 is 17.5 Å². The average Bonchev–Trinajstić information content (AvgIpc) is 3.24. The van der Waals surface area contributed by atoms with Gasteiger partial charge in [-0.15, -0.1) is 0 Å². The zero-order valence-electron chi connectivity index (χ0n) is 20.4. The van der Waals surface area contributed by atoms with E-state index >= 15 is 0 Å². The Morgan fingerprint density at radius 3 is 2.62 bits per heavy atom. The van der Waals surface area contributed by atoms with Crippen molar-refractivity contribution in [2.75, 3.05) is 13.7 Å². The molecule has 2 aromatic heterocycles. The van der Waals surface area contributed by atoms with Crippen LogP contribution in [0.4, 0.5) is 0 Å². The summed E-state index contributed by atoms with van der Waals surface area (Å²) in [6.07, 6.45) is 2.01. The van der Waals surface area contributed by atoms with Crippen molar-refractivity contribution in [2.45, 2.75) is 59.2 Å². The number of carboxylic acid groups (broad SMARTS) is 1. The molecule has 0 fully saturated rings. The van der Waals surface area contributed by atoms with Crippen molar-refractivity contribution in [3.8, 4) is 16.9 Å². The number of carbonyl (C=O) groups is 2. The number of aliphatic carboxylic acids is 1. The zero-order valence-corrected chi connectivity index (χ0v) is 20.4. The molecule has 0 radical (unpaired) electrons. The number of nitrogens with zero attached hydrogens (tertiary/aromatic N) is 2. The van der Waals surface area contributed by atoms with Gasteiger partial charge < -0.3 is 19.3 Å². The number of hydrogen-bond donors (Lipinski definition) is 1. The van der Waals surface area contributed by atoms with Gasteiger partial charge in [0.1, 0.15) is 11.3 Å². The standard InChI is InChI=1S/C26H30N2O6/c1-14-20(17-9-10-19-16(12-17)8-7-11-33-19)21(23(24(29)30)34-26(3,4)5)15(2)28-22(14)18(13-27-28)25(31)32-6/h9-10,12-13,23H,7-8,11H2,1-6H3,(H,29,30)/t23-/m0/s1. The summed E-state index contributed by atoms with van der Waals surface area (Å²) in [6, 6.07) is 5.89. The number of carboxylic acids is 1. The molecule has 0 spiro atoms. The number of aryl methyl sites for hydroxylation is 3. The normalized spacial score (nSPS) is 14.4. The summed E-state index contributed by atoms with van der Waals surface area (Å²) in [7, 11) is 1.32. The molecule has 8 nitrogen and oxygen atoms in total. The highest BCUT2D eigenvalue weighted by Crippen LogP contribution is 2.41. The molecule has 34 heavy (non-hydrogen) atoms. The maximum atomic E-state index is 12.5. The summed E-state index contributed by atoms with van der Waals surface area (Å²) in [4.78, 5) is 25.0. The van der Waals surface area contributed by atoms with E-state index in [4.69, 9.17) is 14.2 Å². The number of ether oxygens (including phenoxy) is 3. The Morgan fingerprint density at radius 2 is 1.97 bits per heavy atom. The molecule has 8 heteroatoms. The Labute approximate surface area is 198 Å². The Bertz CT molecular complexity index is 1280. The van der Waals surface area contributed by atoms with Crippen molar-refractivity contribution in [2.24, 2.45) is 0 Å². The fourth-order valence-electron chi connectivity index (χ4n) is 4.63. The Morgan fingerprint density at radius 1 is 1.24 bits per heavy atom. The van der Waals surface area contributed by atoms with E-state index in [-0.39, 0.29) is 0 Å². The van der Waals surface area contributed by atoms with Crippen molar-refractivity contribution in [1.29, 1.82) is 0 Å². The average molecular weight is 467 g/mol. The van der Waals surface area contributed by atoms with Crippen LogP contribution >= 0.6 is 0 Å². The Hall–Kier alpha value is -3.39. The van der Waals surface area contributed by atoms with Crippen LogP contribution in [0.5, 0.6) is 5.75 Å². The van der Waals surface area contributed by atoms with Gasteiger partial charge in [-0.25, -0.2) is 14.1 Å². The molecule has 1 N–H and O–H groups in total. The molecule has 0 bridgehead atoms. The van der Waals surface area contributed by atoms with Gasteiger partial charge in [-0.3, -0.25) is 0 Å². The third-order valence-electron chi connectivity index (χ3n) is 6.04. The van der Waals surface area contributed by atoms with E-state index in [1.165, 1.54) is 13.3 Å². The second kappa shape index (κ2) is 8.76. The highest BCUT2D eigenvalue weighted by molar-refractivity contribution is 5.99. The number of methoxy groups -OCH3 is 1. The van der Waals surface area contributed by atoms with E-state index in [0.29, 0.717) is 34.5 Å². The van der Waals surface area contributed by atoms with Crippen molar-refractivity contribution in [1.82, 2.24) is 9.61 Å². The topological polar surface area (TPSA) is 99.4 Å². The second-order valence-electron chi connectivity index (χ2n) is 9.53. The number of esters is 1. The highest BCUT2D eigenvalue weighted by Gasteiger charge is 2.34. The molecule has 3 heterocycles. The molecule has 1 aromatic carbocycles. The fourth-order valence-corrected chi connectivity index (χ4v) is 4.63. The fraction of sp³-hybridized carbons (Fsp3) is 0.423. The lowest BCUT2D eigenvalue weighted by atomic mass is 9.88. The molecule has 0 saturated heterocycles. The van der Waals surface area contributed by atoms with E-state index in [2.05, 4.69) is 5.10 Å². The van der Waals surface area contributed by atoms with Gasteiger partial charge in [0.25, 0.3) is 0 Å². The molecule has 1 aliphatic rings. The summed E-state index contributed by atoms with van der Waals surface area (Å²) < 4.78 is 18.4. The predicted octanol–water partition coefficient (Wildman–Crippen LogP) is 4.67. The third-order valence-corrected chi connectivity index (χ3v) is 6.04. The maximum absolute atomic E-state index is 12.5. The first-order valence-corrected chi connectivity index (χ1v) is 11.3. The lowest BCUT2D eigenvalue weighted by Gasteiger charge is -2.29. The van der Waals surface area contributed by atoms with Gasteiger partial charge in [-0.05, 0) is 81.8 Å².